The monoisotopic (exact) mass is 323 g/mol. The minimum Gasteiger partial charge on any atom is -0.349 e. The fraction of sp³-hybridized carbons (Fsp3) is 0.375. The summed E-state index contributed by atoms with van der Waals surface area (Å²) in [6, 6.07) is 5.59. The first-order chi connectivity index (χ1) is 10.1. The molecule has 5 nitrogen and oxygen atoms in total. The molecule has 120 valence electrons. The second kappa shape index (κ2) is 5.62. The van der Waals surface area contributed by atoms with Gasteiger partial charge in [0, 0.05) is 5.57 Å². The summed E-state index contributed by atoms with van der Waals surface area (Å²) in [5, 5.41) is 20.5. The summed E-state index contributed by atoms with van der Waals surface area (Å²) in [5.41, 5.74) is 1.87. The maximum atomic E-state index is 12.8. The lowest BCUT2D eigenvalue weighted by Crippen LogP contribution is -2.50. The molecule has 0 amide bonds. The first-order valence-corrected chi connectivity index (χ1v) is 8.40. The van der Waals surface area contributed by atoms with Gasteiger partial charge in [-0.15, -0.1) is 4.31 Å². The lowest BCUT2D eigenvalue weighted by atomic mass is 10.1. The maximum absolute atomic E-state index is 12.8. The van der Waals surface area contributed by atoms with Crippen LogP contribution < -0.4 is 0 Å². The van der Waals surface area contributed by atoms with Crippen LogP contribution in [0.5, 0.6) is 0 Å². The molecule has 2 N–H and O–H groups in total. The van der Waals surface area contributed by atoms with Gasteiger partial charge in [0.05, 0.1) is 10.9 Å². The molecule has 0 aromatic heterocycles. The molecule has 0 spiro atoms. The molecule has 1 atom stereocenters. The molecule has 1 saturated heterocycles. The van der Waals surface area contributed by atoms with Crippen LogP contribution >= 0.6 is 0 Å². The van der Waals surface area contributed by atoms with Crippen LogP contribution in [0.25, 0.3) is 0 Å². The van der Waals surface area contributed by atoms with E-state index < -0.39 is 22.0 Å². The molecular formula is C16H21NO4S. The Hall–Kier alpha value is -1.47. The first kappa shape index (κ1) is 16.9. The number of hydrogen-bond acceptors (Lipinski definition) is 4. The van der Waals surface area contributed by atoms with Gasteiger partial charge in [-0.2, -0.15) is 0 Å². The molecule has 1 aromatic rings. The predicted molar refractivity (Wildman–Crippen MR) is 84.3 cm³/mol. The van der Waals surface area contributed by atoms with Crippen LogP contribution in [0.15, 0.2) is 53.0 Å². The molecule has 1 aliphatic rings. The van der Waals surface area contributed by atoms with Gasteiger partial charge in [-0.3, -0.25) is 0 Å². The number of sulfonamides is 1. The Morgan fingerprint density at radius 3 is 2.36 bits per heavy atom. The van der Waals surface area contributed by atoms with Crippen LogP contribution in [-0.2, 0) is 10.0 Å². The lowest BCUT2D eigenvalue weighted by Gasteiger charge is -2.30. The van der Waals surface area contributed by atoms with Crippen molar-refractivity contribution in [3.05, 3.63) is 53.6 Å². The molecule has 0 radical (unpaired) electrons. The number of hydrogen-bond donors (Lipinski definition) is 2. The standard InChI is InChI=1S/C16H21NO4S/c1-11(2)9-14-10-13(4)16(18,19)17(14)22(20,21)15-7-5-12(3)6-8-15/h5-9,14,18-19H,4,10H2,1-3H3. The summed E-state index contributed by atoms with van der Waals surface area (Å²) in [7, 11) is -4.06. The summed E-state index contributed by atoms with van der Waals surface area (Å²) in [6.45, 7) is 9.11. The van der Waals surface area contributed by atoms with Crippen molar-refractivity contribution >= 4 is 10.0 Å². The van der Waals surface area contributed by atoms with Crippen molar-refractivity contribution in [1.82, 2.24) is 4.31 Å². The number of rotatable bonds is 3. The summed E-state index contributed by atoms with van der Waals surface area (Å²) in [5.74, 6) is -2.58. The molecule has 1 aliphatic heterocycles. The highest BCUT2D eigenvalue weighted by molar-refractivity contribution is 7.89. The highest BCUT2D eigenvalue weighted by Gasteiger charge is 2.53. The molecule has 6 heteroatoms. The SMILES string of the molecule is C=C1CC(C=C(C)C)N(S(=O)(=O)c2ccc(C)cc2)C1(O)O. The fourth-order valence-electron chi connectivity index (χ4n) is 2.54. The zero-order valence-corrected chi connectivity index (χ0v) is 13.8. The molecular weight excluding hydrogens is 302 g/mol. The van der Waals surface area contributed by atoms with Crippen LogP contribution in [0.1, 0.15) is 25.8 Å². The Bertz CT molecular complexity index is 713. The van der Waals surface area contributed by atoms with E-state index in [1.807, 2.05) is 20.8 Å². The van der Waals surface area contributed by atoms with Gasteiger partial charge in [0.25, 0.3) is 5.91 Å². The smallest absolute Gasteiger partial charge is 0.262 e. The van der Waals surface area contributed by atoms with E-state index in [9.17, 15) is 18.6 Å². The van der Waals surface area contributed by atoms with E-state index in [0.29, 0.717) is 0 Å². The van der Waals surface area contributed by atoms with Crippen molar-refractivity contribution < 1.29 is 18.6 Å². The Morgan fingerprint density at radius 2 is 1.86 bits per heavy atom. The molecule has 0 saturated carbocycles. The van der Waals surface area contributed by atoms with E-state index in [4.69, 9.17) is 0 Å². The van der Waals surface area contributed by atoms with Gasteiger partial charge in [0.15, 0.2) is 0 Å². The largest absolute Gasteiger partial charge is 0.349 e. The minimum atomic E-state index is -4.06. The molecule has 0 aliphatic carbocycles. The first-order valence-electron chi connectivity index (χ1n) is 6.96. The van der Waals surface area contributed by atoms with Gasteiger partial charge in [0.2, 0.25) is 10.0 Å². The Labute approximate surface area is 131 Å². The molecule has 1 fully saturated rings. The van der Waals surface area contributed by atoms with Gasteiger partial charge in [0.1, 0.15) is 0 Å². The third-order valence-corrected chi connectivity index (χ3v) is 5.55. The van der Waals surface area contributed by atoms with E-state index in [0.717, 1.165) is 15.4 Å². The van der Waals surface area contributed by atoms with Crippen LogP contribution in [0, 0.1) is 6.92 Å². The van der Waals surface area contributed by atoms with Crippen molar-refractivity contribution in [2.45, 2.75) is 44.0 Å². The van der Waals surface area contributed by atoms with E-state index in [1.54, 1.807) is 18.2 Å². The summed E-state index contributed by atoms with van der Waals surface area (Å²) in [4.78, 5) is 0.0208. The van der Waals surface area contributed by atoms with Crippen LogP contribution in [0.4, 0.5) is 0 Å². The van der Waals surface area contributed by atoms with Crippen molar-refractivity contribution in [1.29, 1.82) is 0 Å². The average Bonchev–Trinajstić information content (AvgIpc) is 2.59. The summed E-state index contributed by atoms with van der Waals surface area (Å²) < 4.78 is 26.4. The number of aryl methyl sites for hydroxylation is 1. The molecule has 1 aromatic carbocycles. The number of nitrogens with zero attached hydrogens (tertiary/aromatic N) is 1. The molecule has 2 rings (SSSR count). The Kier molecular flexibility index (Phi) is 4.32. The van der Waals surface area contributed by atoms with E-state index in [-0.39, 0.29) is 16.9 Å². The Balaban J connectivity index is 2.56. The van der Waals surface area contributed by atoms with Crippen LogP contribution in [0.3, 0.4) is 0 Å². The van der Waals surface area contributed by atoms with Crippen molar-refractivity contribution in [3.8, 4) is 0 Å². The van der Waals surface area contributed by atoms with Crippen LogP contribution in [0.2, 0.25) is 0 Å². The van der Waals surface area contributed by atoms with E-state index in [1.165, 1.54) is 12.1 Å². The molecule has 1 heterocycles. The molecule has 22 heavy (non-hydrogen) atoms. The van der Waals surface area contributed by atoms with E-state index >= 15 is 0 Å². The normalized spacial score (nSPS) is 21.9. The molecule has 1 unspecified atom stereocenters. The van der Waals surface area contributed by atoms with Crippen molar-refractivity contribution in [2.75, 3.05) is 0 Å². The predicted octanol–water partition coefficient (Wildman–Crippen LogP) is 1.92. The highest BCUT2D eigenvalue weighted by Crippen LogP contribution is 2.39. The lowest BCUT2D eigenvalue weighted by molar-refractivity contribution is -0.190. The van der Waals surface area contributed by atoms with Gasteiger partial charge < -0.3 is 10.2 Å². The fourth-order valence-corrected chi connectivity index (χ4v) is 4.20. The second-order valence-electron chi connectivity index (χ2n) is 5.87. The number of aliphatic hydroxyl groups is 2. The van der Waals surface area contributed by atoms with Gasteiger partial charge in [-0.1, -0.05) is 35.9 Å². The minimum absolute atomic E-state index is 0.0208. The van der Waals surface area contributed by atoms with E-state index in [2.05, 4.69) is 6.58 Å². The van der Waals surface area contributed by atoms with Crippen molar-refractivity contribution in [3.63, 3.8) is 0 Å². The quantitative estimate of drug-likeness (QED) is 0.658. The van der Waals surface area contributed by atoms with Gasteiger partial charge in [-0.25, -0.2) is 8.42 Å². The molecule has 0 bridgehead atoms. The highest BCUT2D eigenvalue weighted by atomic mass is 32.2. The third kappa shape index (κ3) is 2.87. The third-order valence-electron chi connectivity index (χ3n) is 3.64. The zero-order valence-electron chi connectivity index (χ0n) is 12.9. The number of allylic oxidation sites excluding steroid dienone is 1. The Morgan fingerprint density at radius 1 is 1.32 bits per heavy atom. The van der Waals surface area contributed by atoms with Gasteiger partial charge >= 0.3 is 0 Å². The summed E-state index contributed by atoms with van der Waals surface area (Å²) >= 11 is 0. The van der Waals surface area contributed by atoms with Crippen molar-refractivity contribution in [2.24, 2.45) is 0 Å². The summed E-state index contributed by atoms with van der Waals surface area (Å²) in [6.07, 6.45) is 1.87. The topological polar surface area (TPSA) is 77.8 Å². The average molecular weight is 323 g/mol. The maximum Gasteiger partial charge on any atom is 0.262 e. The second-order valence-corrected chi connectivity index (χ2v) is 7.68. The zero-order chi connectivity index (χ0) is 16.7. The van der Waals surface area contributed by atoms with Gasteiger partial charge in [-0.05, 0) is 39.3 Å². The van der Waals surface area contributed by atoms with Crippen LogP contribution in [-0.4, -0.2) is 34.9 Å². The number of benzene rings is 1.